The monoisotopic (exact) mass is 457 g/mol. The number of aromatic nitrogens is 2. The Morgan fingerprint density at radius 2 is 1.87 bits per heavy atom. The number of hydrogen-bond acceptors (Lipinski definition) is 6. The maximum absolute atomic E-state index is 13.1. The average molecular weight is 458 g/mol. The van der Waals surface area contributed by atoms with Crippen molar-refractivity contribution in [1.82, 2.24) is 14.3 Å². The lowest BCUT2D eigenvalue weighted by Gasteiger charge is -2.22. The van der Waals surface area contributed by atoms with Crippen LogP contribution in [0.3, 0.4) is 0 Å². The van der Waals surface area contributed by atoms with Crippen LogP contribution in [-0.2, 0) is 6.42 Å². The molecular formula is C22H24FN5OS2. The molecule has 2 aromatic carbocycles. The van der Waals surface area contributed by atoms with Crippen molar-refractivity contribution in [2.45, 2.75) is 17.7 Å². The molecule has 1 aliphatic heterocycles. The highest BCUT2D eigenvalue weighted by Gasteiger charge is 2.21. The summed E-state index contributed by atoms with van der Waals surface area (Å²) in [6.07, 6.45) is 3.47. The lowest BCUT2D eigenvalue weighted by atomic mass is 10.1. The Labute approximate surface area is 189 Å². The summed E-state index contributed by atoms with van der Waals surface area (Å²) in [5, 5.41) is 3.86. The first kappa shape index (κ1) is 21.6. The first-order valence-electron chi connectivity index (χ1n) is 10.1. The van der Waals surface area contributed by atoms with E-state index in [2.05, 4.69) is 19.6 Å². The zero-order valence-electron chi connectivity index (χ0n) is 17.3. The van der Waals surface area contributed by atoms with Crippen molar-refractivity contribution in [1.29, 1.82) is 0 Å². The third-order valence-electron chi connectivity index (χ3n) is 5.13. The van der Waals surface area contributed by atoms with Gasteiger partial charge in [-0.05, 0) is 54.6 Å². The van der Waals surface area contributed by atoms with E-state index in [4.69, 9.17) is 0 Å². The fraction of sp³-hybridized carbons (Fsp3) is 0.318. The van der Waals surface area contributed by atoms with Crippen LogP contribution in [0.5, 0.6) is 0 Å². The number of carbonyl (C=O) groups excluding carboxylic acids is 1. The molecule has 0 atom stereocenters. The van der Waals surface area contributed by atoms with Gasteiger partial charge in [-0.3, -0.25) is 0 Å². The molecule has 9 heteroatoms. The van der Waals surface area contributed by atoms with Crippen molar-refractivity contribution in [3.8, 4) is 0 Å². The summed E-state index contributed by atoms with van der Waals surface area (Å²) >= 11 is 3.05. The lowest BCUT2D eigenvalue weighted by molar-refractivity contribution is 0.215. The minimum atomic E-state index is -0.245. The second-order valence-corrected chi connectivity index (χ2v) is 8.89. The fourth-order valence-electron chi connectivity index (χ4n) is 3.42. The Kier molecular flexibility index (Phi) is 7.03. The lowest BCUT2D eigenvalue weighted by Crippen LogP contribution is -2.38. The van der Waals surface area contributed by atoms with Crippen LogP contribution in [0.15, 0.2) is 53.4 Å². The number of thioether (sulfide) groups is 1. The average Bonchev–Trinajstić information content (AvgIpc) is 3.10. The topological polar surface area (TPSA) is 61.4 Å². The van der Waals surface area contributed by atoms with Crippen molar-refractivity contribution < 1.29 is 9.18 Å². The van der Waals surface area contributed by atoms with Crippen LogP contribution < -0.4 is 10.2 Å². The molecule has 162 valence electrons. The largest absolute Gasteiger partial charge is 0.345 e. The Balaban J connectivity index is 1.32. The van der Waals surface area contributed by atoms with Gasteiger partial charge < -0.3 is 15.1 Å². The van der Waals surface area contributed by atoms with Gasteiger partial charge in [0.05, 0.1) is 0 Å². The van der Waals surface area contributed by atoms with Crippen molar-refractivity contribution in [2.24, 2.45) is 0 Å². The number of urea groups is 1. The van der Waals surface area contributed by atoms with Crippen LogP contribution in [0.25, 0.3) is 0 Å². The van der Waals surface area contributed by atoms with E-state index in [1.807, 2.05) is 35.4 Å². The number of carbonyl (C=O) groups is 1. The third-order valence-corrected chi connectivity index (χ3v) is 6.69. The molecule has 0 unspecified atom stereocenters. The predicted octanol–water partition coefficient (Wildman–Crippen LogP) is 4.73. The molecule has 0 spiro atoms. The number of hydrogen-bond donors (Lipinski definition) is 1. The SMILES string of the molecule is CSc1ccc(NC(=O)N2CCCN(c3nc(Cc4ccc(F)cc4)ns3)CC2)cc1. The van der Waals surface area contributed by atoms with E-state index in [9.17, 15) is 9.18 Å². The summed E-state index contributed by atoms with van der Waals surface area (Å²) < 4.78 is 17.5. The highest BCUT2D eigenvalue weighted by molar-refractivity contribution is 7.98. The Hall–Kier alpha value is -2.65. The minimum absolute atomic E-state index is 0.0759. The molecule has 0 bridgehead atoms. The molecule has 0 radical (unpaired) electrons. The number of nitrogens with one attached hydrogen (secondary N) is 1. The molecule has 0 aliphatic carbocycles. The van der Waals surface area contributed by atoms with Crippen LogP contribution in [0, 0.1) is 5.82 Å². The van der Waals surface area contributed by atoms with Gasteiger partial charge in [-0.15, -0.1) is 11.8 Å². The van der Waals surface area contributed by atoms with Gasteiger partial charge >= 0.3 is 6.03 Å². The van der Waals surface area contributed by atoms with Crippen molar-refractivity contribution >= 4 is 40.1 Å². The molecule has 1 aliphatic rings. The van der Waals surface area contributed by atoms with Gasteiger partial charge in [0.1, 0.15) is 11.6 Å². The first-order chi connectivity index (χ1) is 15.1. The molecule has 1 aromatic heterocycles. The van der Waals surface area contributed by atoms with E-state index >= 15 is 0 Å². The molecule has 2 heterocycles. The van der Waals surface area contributed by atoms with Crippen LogP contribution in [0.2, 0.25) is 0 Å². The summed E-state index contributed by atoms with van der Waals surface area (Å²) in [6, 6.07) is 14.2. The highest BCUT2D eigenvalue weighted by atomic mass is 32.2. The van der Waals surface area contributed by atoms with E-state index in [-0.39, 0.29) is 11.8 Å². The summed E-state index contributed by atoms with van der Waals surface area (Å²) in [6.45, 7) is 2.87. The van der Waals surface area contributed by atoms with E-state index in [1.54, 1.807) is 23.9 Å². The quantitative estimate of drug-likeness (QED) is 0.561. The predicted molar refractivity (Wildman–Crippen MR) is 125 cm³/mol. The van der Waals surface area contributed by atoms with Gasteiger partial charge in [0.2, 0.25) is 5.13 Å². The summed E-state index contributed by atoms with van der Waals surface area (Å²) in [5.74, 6) is 0.491. The number of halogens is 1. The molecule has 1 fully saturated rings. The molecule has 1 N–H and O–H groups in total. The Bertz CT molecular complexity index is 1010. The van der Waals surface area contributed by atoms with Gasteiger partial charge in [-0.1, -0.05) is 12.1 Å². The van der Waals surface area contributed by atoms with E-state index in [0.717, 1.165) is 35.2 Å². The number of nitrogens with zero attached hydrogens (tertiary/aromatic N) is 4. The number of benzene rings is 2. The molecule has 2 amide bonds. The second kappa shape index (κ2) is 10.1. The summed E-state index contributed by atoms with van der Waals surface area (Å²) in [5.41, 5.74) is 1.79. The van der Waals surface area contributed by atoms with Crippen LogP contribution in [0.1, 0.15) is 17.8 Å². The van der Waals surface area contributed by atoms with Crippen molar-refractivity contribution in [2.75, 3.05) is 42.7 Å². The number of rotatable bonds is 5. The molecule has 4 rings (SSSR count). The van der Waals surface area contributed by atoms with Crippen LogP contribution in [-0.4, -0.2) is 52.7 Å². The maximum atomic E-state index is 13.1. The standard InChI is InChI=1S/C22H24FN5OS2/c1-30-19-9-7-18(8-10-19)24-21(29)27-11-2-12-28(14-13-27)22-25-20(26-31-22)15-16-3-5-17(23)6-4-16/h3-10H,2,11-15H2,1H3,(H,24,29). The van der Waals surface area contributed by atoms with Crippen LogP contribution >= 0.6 is 23.3 Å². The van der Waals surface area contributed by atoms with Gasteiger partial charge in [0.15, 0.2) is 0 Å². The van der Waals surface area contributed by atoms with Gasteiger partial charge in [0.25, 0.3) is 0 Å². The van der Waals surface area contributed by atoms with E-state index in [0.29, 0.717) is 26.1 Å². The zero-order valence-corrected chi connectivity index (χ0v) is 18.9. The number of amides is 2. The molecular weight excluding hydrogens is 433 g/mol. The van der Waals surface area contributed by atoms with E-state index in [1.165, 1.54) is 28.6 Å². The minimum Gasteiger partial charge on any atom is -0.345 e. The fourth-order valence-corrected chi connectivity index (χ4v) is 4.56. The molecule has 3 aromatic rings. The molecule has 31 heavy (non-hydrogen) atoms. The van der Waals surface area contributed by atoms with Crippen molar-refractivity contribution in [3.05, 3.63) is 65.7 Å². The van der Waals surface area contributed by atoms with E-state index < -0.39 is 0 Å². The third kappa shape index (κ3) is 5.74. The van der Waals surface area contributed by atoms with Gasteiger partial charge in [-0.2, -0.15) is 4.37 Å². The summed E-state index contributed by atoms with van der Waals surface area (Å²) in [4.78, 5) is 22.6. The highest BCUT2D eigenvalue weighted by Crippen LogP contribution is 2.22. The Morgan fingerprint density at radius 1 is 1.10 bits per heavy atom. The van der Waals surface area contributed by atoms with Gasteiger partial charge in [0, 0.05) is 54.7 Å². The number of anilines is 2. The normalized spacial score (nSPS) is 14.4. The smallest absolute Gasteiger partial charge is 0.321 e. The van der Waals surface area contributed by atoms with Gasteiger partial charge in [-0.25, -0.2) is 14.2 Å². The summed E-state index contributed by atoms with van der Waals surface area (Å²) in [7, 11) is 0. The first-order valence-corrected chi connectivity index (χ1v) is 12.1. The zero-order chi connectivity index (χ0) is 21.6. The molecule has 1 saturated heterocycles. The molecule has 0 saturated carbocycles. The van der Waals surface area contributed by atoms with Crippen molar-refractivity contribution in [3.63, 3.8) is 0 Å². The Morgan fingerprint density at radius 3 is 2.61 bits per heavy atom. The second-order valence-electron chi connectivity index (χ2n) is 7.28. The molecule has 6 nitrogen and oxygen atoms in total. The maximum Gasteiger partial charge on any atom is 0.321 e. The van der Waals surface area contributed by atoms with Crippen LogP contribution in [0.4, 0.5) is 20.0 Å².